The number of para-hydroxylation sites is 1. The Morgan fingerprint density at radius 1 is 1.18 bits per heavy atom. The summed E-state index contributed by atoms with van der Waals surface area (Å²) in [6, 6.07) is 14.8. The van der Waals surface area contributed by atoms with Crippen molar-refractivity contribution in [1.29, 1.82) is 0 Å². The van der Waals surface area contributed by atoms with Crippen LogP contribution in [0.4, 0.5) is 5.69 Å². The lowest BCUT2D eigenvalue weighted by Crippen LogP contribution is -2.50. The van der Waals surface area contributed by atoms with Crippen LogP contribution in [-0.4, -0.2) is 56.4 Å². The molecular weight excluding hydrogens is 376 g/mol. The van der Waals surface area contributed by atoms with Gasteiger partial charge in [0.15, 0.2) is 4.87 Å². The van der Waals surface area contributed by atoms with Gasteiger partial charge in [0.25, 0.3) is 11.8 Å². The van der Waals surface area contributed by atoms with E-state index in [1.165, 1.54) is 11.8 Å². The molecular formula is C21H22N2O4S. The van der Waals surface area contributed by atoms with E-state index in [2.05, 4.69) is 0 Å². The highest BCUT2D eigenvalue weighted by molar-refractivity contribution is 8.01. The van der Waals surface area contributed by atoms with Gasteiger partial charge in [-0.1, -0.05) is 24.3 Å². The molecule has 7 heteroatoms. The second-order valence-electron chi connectivity index (χ2n) is 6.65. The van der Waals surface area contributed by atoms with Crippen molar-refractivity contribution in [2.45, 2.75) is 4.87 Å². The summed E-state index contributed by atoms with van der Waals surface area (Å²) < 4.78 is 10.5. The number of methoxy groups -OCH3 is 2. The Bertz CT molecular complexity index is 919. The Labute approximate surface area is 168 Å². The van der Waals surface area contributed by atoms with Gasteiger partial charge in [-0.15, -0.1) is 11.8 Å². The monoisotopic (exact) mass is 398 g/mol. The van der Waals surface area contributed by atoms with Crippen LogP contribution in [0.15, 0.2) is 48.5 Å². The lowest BCUT2D eigenvalue weighted by Gasteiger charge is -2.33. The molecule has 2 aromatic carbocycles. The van der Waals surface area contributed by atoms with Crippen LogP contribution < -0.4 is 9.64 Å². The number of carbonyl (C=O) groups is 2. The molecule has 2 aliphatic heterocycles. The summed E-state index contributed by atoms with van der Waals surface area (Å²) in [5, 5.41) is 0. The minimum absolute atomic E-state index is 0.0792. The third kappa shape index (κ3) is 2.77. The van der Waals surface area contributed by atoms with Crippen molar-refractivity contribution in [3.63, 3.8) is 0 Å². The van der Waals surface area contributed by atoms with Gasteiger partial charge in [-0.25, -0.2) is 0 Å². The summed E-state index contributed by atoms with van der Waals surface area (Å²) in [6.45, 7) is 1.40. The second kappa shape index (κ2) is 7.48. The predicted molar refractivity (Wildman–Crippen MR) is 109 cm³/mol. The Morgan fingerprint density at radius 3 is 2.79 bits per heavy atom. The minimum atomic E-state index is -1.02. The summed E-state index contributed by atoms with van der Waals surface area (Å²) in [6.07, 6.45) is 0. The topological polar surface area (TPSA) is 59.1 Å². The molecule has 4 rings (SSSR count). The maximum absolute atomic E-state index is 13.6. The molecule has 1 atom stereocenters. The first kappa shape index (κ1) is 18.8. The average Bonchev–Trinajstić information content (AvgIpc) is 3.28. The Morgan fingerprint density at radius 2 is 2.00 bits per heavy atom. The Balaban J connectivity index is 1.77. The van der Waals surface area contributed by atoms with Gasteiger partial charge in [0, 0.05) is 37.1 Å². The number of hydrogen-bond acceptors (Lipinski definition) is 5. The molecule has 1 saturated heterocycles. The lowest BCUT2D eigenvalue weighted by atomic mass is 10.0. The SMILES string of the molecule is COCCN1C(=O)C2(SCCN2C(=O)c2cccc(OC)c2)c2ccccc21. The van der Waals surface area contributed by atoms with E-state index >= 15 is 0 Å². The highest BCUT2D eigenvalue weighted by Crippen LogP contribution is 2.54. The zero-order chi connectivity index (χ0) is 19.7. The minimum Gasteiger partial charge on any atom is -0.497 e. The predicted octanol–water partition coefficient (Wildman–Crippen LogP) is 2.73. The van der Waals surface area contributed by atoms with Gasteiger partial charge in [-0.05, 0) is 24.3 Å². The third-order valence-electron chi connectivity index (χ3n) is 5.18. The van der Waals surface area contributed by atoms with Crippen LogP contribution in [0.3, 0.4) is 0 Å². The molecule has 28 heavy (non-hydrogen) atoms. The number of nitrogens with zero attached hydrogens (tertiary/aromatic N) is 2. The Hall–Kier alpha value is -2.51. The number of rotatable bonds is 5. The van der Waals surface area contributed by atoms with Crippen molar-refractivity contribution in [2.75, 3.05) is 44.6 Å². The molecule has 1 unspecified atom stereocenters. The molecule has 0 N–H and O–H groups in total. The highest BCUT2D eigenvalue weighted by Gasteiger charge is 2.59. The van der Waals surface area contributed by atoms with E-state index in [0.29, 0.717) is 36.8 Å². The Kier molecular flexibility index (Phi) is 5.03. The first-order chi connectivity index (χ1) is 13.6. The molecule has 2 aliphatic rings. The van der Waals surface area contributed by atoms with E-state index < -0.39 is 4.87 Å². The smallest absolute Gasteiger partial charge is 0.268 e. The first-order valence-electron chi connectivity index (χ1n) is 9.14. The number of thioether (sulfide) groups is 1. The van der Waals surface area contributed by atoms with E-state index in [-0.39, 0.29) is 11.8 Å². The van der Waals surface area contributed by atoms with Crippen molar-refractivity contribution in [1.82, 2.24) is 4.90 Å². The number of ether oxygens (including phenoxy) is 2. The van der Waals surface area contributed by atoms with Crippen molar-refractivity contribution in [3.05, 3.63) is 59.7 Å². The number of carbonyl (C=O) groups excluding carboxylic acids is 2. The molecule has 1 fully saturated rings. The van der Waals surface area contributed by atoms with Crippen molar-refractivity contribution in [3.8, 4) is 5.75 Å². The summed E-state index contributed by atoms with van der Waals surface area (Å²) in [5.41, 5.74) is 2.24. The van der Waals surface area contributed by atoms with Gasteiger partial charge in [-0.3, -0.25) is 9.59 Å². The van der Waals surface area contributed by atoms with Crippen LogP contribution in [0.25, 0.3) is 0 Å². The van der Waals surface area contributed by atoms with E-state index in [0.717, 1.165) is 11.3 Å². The number of fused-ring (bicyclic) bond motifs is 2. The molecule has 1 spiro atoms. The summed E-state index contributed by atoms with van der Waals surface area (Å²) in [7, 11) is 3.19. The molecule has 2 amide bonds. The fraction of sp³-hybridized carbons (Fsp3) is 0.333. The fourth-order valence-corrected chi connectivity index (χ4v) is 5.35. The highest BCUT2D eigenvalue weighted by atomic mass is 32.2. The molecule has 0 radical (unpaired) electrons. The molecule has 2 heterocycles. The van der Waals surface area contributed by atoms with Crippen molar-refractivity contribution in [2.24, 2.45) is 0 Å². The van der Waals surface area contributed by atoms with Crippen LogP contribution in [0.1, 0.15) is 15.9 Å². The van der Waals surface area contributed by atoms with Gasteiger partial charge in [0.2, 0.25) is 0 Å². The quantitative estimate of drug-likeness (QED) is 0.775. The maximum Gasteiger partial charge on any atom is 0.268 e. The largest absolute Gasteiger partial charge is 0.497 e. The average molecular weight is 398 g/mol. The molecule has 0 saturated carbocycles. The normalized spacial score (nSPS) is 20.7. The van der Waals surface area contributed by atoms with Crippen molar-refractivity contribution >= 4 is 29.3 Å². The number of anilines is 1. The van der Waals surface area contributed by atoms with Gasteiger partial charge in [-0.2, -0.15) is 0 Å². The fourth-order valence-electron chi connectivity index (χ4n) is 3.88. The van der Waals surface area contributed by atoms with Gasteiger partial charge < -0.3 is 19.3 Å². The van der Waals surface area contributed by atoms with E-state index in [1.807, 2.05) is 24.3 Å². The standard InChI is InChI=1S/C21H22N2O4S/c1-26-12-10-22-18-9-4-3-8-17(18)21(20(22)25)23(11-13-28-21)19(24)15-6-5-7-16(14-15)27-2/h3-9,14H,10-13H2,1-2H3. The van der Waals surface area contributed by atoms with Crippen LogP contribution in [0.2, 0.25) is 0 Å². The zero-order valence-electron chi connectivity index (χ0n) is 15.9. The molecule has 0 aliphatic carbocycles. The van der Waals surface area contributed by atoms with Gasteiger partial charge in [0.1, 0.15) is 5.75 Å². The van der Waals surface area contributed by atoms with Gasteiger partial charge >= 0.3 is 0 Å². The van der Waals surface area contributed by atoms with E-state index in [4.69, 9.17) is 9.47 Å². The van der Waals surface area contributed by atoms with Crippen LogP contribution in [0, 0.1) is 0 Å². The summed E-state index contributed by atoms with van der Waals surface area (Å²) in [4.78, 5) is 29.4. The molecule has 0 aromatic heterocycles. The molecule has 0 bridgehead atoms. The summed E-state index contributed by atoms with van der Waals surface area (Å²) >= 11 is 1.52. The third-order valence-corrected chi connectivity index (χ3v) is 6.60. The number of benzene rings is 2. The van der Waals surface area contributed by atoms with Gasteiger partial charge in [0.05, 0.1) is 19.4 Å². The van der Waals surface area contributed by atoms with Crippen molar-refractivity contribution < 1.29 is 19.1 Å². The zero-order valence-corrected chi connectivity index (χ0v) is 16.7. The number of amides is 2. The van der Waals surface area contributed by atoms with E-state index in [1.54, 1.807) is 48.3 Å². The molecule has 2 aromatic rings. The van der Waals surface area contributed by atoms with Crippen LogP contribution in [0.5, 0.6) is 5.75 Å². The van der Waals surface area contributed by atoms with Crippen LogP contribution in [-0.2, 0) is 14.4 Å². The molecule has 6 nitrogen and oxygen atoms in total. The van der Waals surface area contributed by atoms with Crippen LogP contribution >= 0.6 is 11.8 Å². The maximum atomic E-state index is 13.6. The number of hydrogen-bond donors (Lipinski definition) is 0. The second-order valence-corrected chi connectivity index (χ2v) is 7.94. The van der Waals surface area contributed by atoms with E-state index in [9.17, 15) is 9.59 Å². The lowest BCUT2D eigenvalue weighted by molar-refractivity contribution is -0.123. The summed E-state index contributed by atoms with van der Waals surface area (Å²) in [5.74, 6) is 1.07. The first-order valence-corrected chi connectivity index (χ1v) is 10.1. The molecule has 146 valence electrons.